The maximum absolute atomic E-state index is 13.4. The summed E-state index contributed by atoms with van der Waals surface area (Å²) >= 11 is 0. The highest BCUT2D eigenvalue weighted by Gasteiger charge is 2.54. The van der Waals surface area contributed by atoms with Crippen molar-refractivity contribution in [3.05, 3.63) is 53.9 Å². The molecular weight excluding hydrogens is 396 g/mol. The van der Waals surface area contributed by atoms with Gasteiger partial charge in [0.1, 0.15) is 12.1 Å². The molecule has 1 aliphatic carbocycles. The fourth-order valence-corrected chi connectivity index (χ4v) is 4.80. The van der Waals surface area contributed by atoms with E-state index in [2.05, 4.69) is 15.3 Å². The van der Waals surface area contributed by atoms with Gasteiger partial charge >= 0.3 is 6.03 Å². The maximum Gasteiger partial charge on any atom is 0.325 e. The molecule has 1 aromatic heterocycles. The Kier molecular flexibility index (Phi) is 4.80. The van der Waals surface area contributed by atoms with E-state index in [1.165, 1.54) is 0 Å². The van der Waals surface area contributed by atoms with Crippen LogP contribution < -0.4 is 10.2 Å². The smallest absolute Gasteiger partial charge is 0.325 e. The molecule has 31 heavy (non-hydrogen) atoms. The number of rotatable bonds is 3. The van der Waals surface area contributed by atoms with Gasteiger partial charge in [-0.3, -0.25) is 14.5 Å². The number of aryl methyl sites for hydroxylation is 1. The summed E-state index contributed by atoms with van der Waals surface area (Å²) in [6.45, 7) is 1.96. The molecule has 1 spiro atoms. The molecule has 1 N–H and O–H groups in total. The van der Waals surface area contributed by atoms with Crippen molar-refractivity contribution in [1.82, 2.24) is 25.1 Å². The van der Waals surface area contributed by atoms with Gasteiger partial charge in [0, 0.05) is 38.6 Å². The van der Waals surface area contributed by atoms with Crippen molar-refractivity contribution >= 4 is 23.8 Å². The number of hydrogen-bond donors (Lipinski definition) is 1. The summed E-state index contributed by atoms with van der Waals surface area (Å²) < 4.78 is 0. The van der Waals surface area contributed by atoms with Crippen LogP contribution in [-0.2, 0) is 21.5 Å². The number of carbonyl (C=O) groups excluding carboxylic acids is 3. The molecule has 9 nitrogen and oxygen atoms in total. The van der Waals surface area contributed by atoms with E-state index in [0.717, 1.165) is 28.9 Å². The lowest BCUT2D eigenvalue weighted by atomic mass is 9.76. The predicted octanol–water partition coefficient (Wildman–Crippen LogP) is 0.909. The number of hydrogen-bond acceptors (Lipinski definition) is 6. The molecule has 2 saturated heterocycles. The Labute approximate surface area is 180 Å². The number of anilines is 1. The first-order valence-corrected chi connectivity index (χ1v) is 10.6. The van der Waals surface area contributed by atoms with Crippen LogP contribution in [0.4, 0.5) is 10.7 Å². The summed E-state index contributed by atoms with van der Waals surface area (Å²) in [7, 11) is 0. The zero-order valence-electron chi connectivity index (χ0n) is 17.2. The molecule has 3 heterocycles. The van der Waals surface area contributed by atoms with Crippen molar-refractivity contribution in [3.63, 3.8) is 0 Å². The summed E-state index contributed by atoms with van der Waals surface area (Å²) in [5.41, 5.74) is 0.885. The monoisotopic (exact) mass is 420 g/mol. The standard InChI is InChI=1S/C22H24N6O3/c29-18(26-11-13-27(14-12-26)20-23-9-4-10-24-20)15-28-19(30)22(25-21(28)31)8-3-6-16-5-1-2-7-17(16)22/h1-2,4-5,7,9-10H,3,6,8,11-15H2,(H,25,31)/t22-/m1/s1. The lowest BCUT2D eigenvalue weighted by Gasteiger charge is -2.35. The topological polar surface area (TPSA) is 98.7 Å². The molecular formula is C22H24N6O3. The van der Waals surface area contributed by atoms with Gasteiger partial charge in [-0.25, -0.2) is 14.8 Å². The van der Waals surface area contributed by atoms with Crippen molar-refractivity contribution < 1.29 is 14.4 Å². The van der Waals surface area contributed by atoms with Crippen LogP contribution in [0.2, 0.25) is 0 Å². The van der Waals surface area contributed by atoms with Gasteiger partial charge in [0.15, 0.2) is 0 Å². The zero-order chi connectivity index (χ0) is 21.4. The molecule has 0 bridgehead atoms. The molecule has 3 aliphatic rings. The maximum atomic E-state index is 13.4. The Balaban J connectivity index is 1.27. The first-order chi connectivity index (χ1) is 15.1. The van der Waals surface area contributed by atoms with Gasteiger partial charge in [-0.2, -0.15) is 0 Å². The van der Waals surface area contributed by atoms with Crippen molar-refractivity contribution in [1.29, 1.82) is 0 Å². The number of fused-ring (bicyclic) bond motifs is 2. The van der Waals surface area contributed by atoms with Gasteiger partial charge in [0.25, 0.3) is 5.91 Å². The molecule has 2 aromatic rings. The van der Waals surface area contributed by atoms with Gasteiger partial charge in [-0.15, -0.1) is 0 Å². The second-order valence-electron chi connectivity index (χ2n) is 8.15. The Morgan fingerprint density at radius 3 is 2.55 bits per heavy atom. The average molecular weight is 420 g/mol. The molecule has 160 valence electrons. The Bertz CT molecular complexity index is 1020. The van der Waals surface area contributed by atoms with E-state index in [9.17, 15) is 14.4 Å². The molecule has 4 amide bonds. The number of imide groups is 1. The van der Waals surface area contributed by atoms with Crippen molar-refractivity contribution in [3.8, 4) is 0 Å². The number of aromatic nitrogens is 2. The summed E-state index contributed by atoms with van der Waals surface area (Å²) in [4.78, 5) is 52.3. The minimum absolute atomic E-state index is 0.224. The van der Waals surface area contributed by atoms with E-state index in [1.807, 2.05) is 29.2 Å². The third-order valence-electron chi connectivity index (χ3n) is 6.41. The fourth-order valence-electron chi connectivity index (χ4n) is 4.80. The molecule has 0 radical (unpaired) electrons. The normalized spacial score (nSPS) is 23.2. The number of nitrogens with one attached hydrogen (secondary N) is 1. The number of amides is 4. The van der Waals surface area contributed by atoms with Gasteiger partial charge < -0.3 is 15.1 Å². The first kappa shape index (κ1) is 19.5. The van der Waals surface area contributed by atoms with Gasteiger partial charge in [0.05, 0.1) is 0 Å². The van der Waals surface area contributed by atoms with Crippen LogP contribution in [0.25, 0.3) is 0 Å². The second kappa shape index (κ2) is 7.64. The average Bonchev–Trinajstić information content (AvgIpc) is 3.04. The van der Waals surface area contributed by atoms with Crippen LogP contribution in [0.5, 0.6) is 0 Å². The highest BCUT2D eigenvalue weighted by atomic mass is 16.2. The molecule has 2 aliphatic heterocycles. The fraction of sp³-hybridized carbons (Fsp3) is 0.409. The lowest BCUT2D eigenvalue weighted by Crippen LogP contribution is -2.52. The SMILES string of the molecule is O=C(CN1C(=O)N[C@@]2(CCCc3ccccc32)C1=O)N1CCN(c2ncccn2)CC1. The van der Waals surface area contributed by atoms with Crippen molar-refractivity contribution in [2.24, 2.45) is 0 Å². The molecule has 5 rings (SSSR count). The second-order valence-corrected chi connectivity index (χ2v) is 8.15. The number of carbonyl (C=O) groups is 3. The summed E-state index contributed by atoms with van der Waals surface area (Å²) in [6, 6.07) is 9.00. The third kappa shape index (κ3) is 3.30. The molecule has 0 unspecified atom stereocenters. The number of urea groups is 1. The Morgan fingerprint density at radius 1 is 1.03 bits per heavy atom. The number of benzene rings is 1. The summed E-state index contributed by atoms with van der Waals surface area (Å²) in [5, 5.41) is 2.90. The van der Waals surface area contributed by atoms with Crippen molar-refractivity contribution in [2.75, 3.05) is 37.6 Å². The van der Waals surface area contributed by atoms with Crippen LogP contribution in [0.1, 0.15) is 24.0 Å². The highest BCUT2D eigenvalue weighted by molar-refractivity contribution is 6.09. The molecule has 1 atom stereocenters. The van der Waals surface area contributed by atoms with E-state index in [4.69, 9.17) is 0 Å². The first-order valence-electron chi connectivity index (χ1n) is 10.6. The molecule has 0 saturated carbocycles. The predicted molar refractivity (Wildman–Crippen MR) is 112 cm³/mol. The van der Waals surface area contributed by atoms with Crippen molar-refractivity contribution in [2.45, 2.75) is 24.8 Å². The Morgan fingerprint density at radius 2 is 1.77 bits per heavy atom. The zero-order valence-corrected chi connectivity index (χ0v) is 17.2. The molecule has 9 heteroatoms. The number of piperazine rings is 1. The van der Waals surface area contributed by atoms with Gasteiger partial charge in [-0.1, -0.05) is 24.3 Å². The van der Waals surface area contributed by atoms with Gasteiger partial charge in [-0.05, 0) is 36.5 Å². The minimum atomic E-state index is -1.05. The number of nitrogens with zero attached hydrogens (tertiary/aromatic N) is 5. The lowest BCUT2D eigenvalue weighted by molar-refractivity contribution is -0.139. The van der Waals surface area contributed by atoms with E-state index >= 15 is 0 Å². The van der Waals surface area contributed by atoms with Crippen LogP contribution in [0.3, 0.4) is 0 Å². The summed E-state index contributed by atoms with van der Waals surface area (Å²) in [5.74, 6) is 0.0919. The molecule has 1 aromatic carbocycles. The van der Waals surface area contributed by atoms with Crippen LogP contribution in [-0.4, -0.2) is 70.3 Å². The van der Waals surface area contributed by atoms with Crippen LogP contribution in [0, 0.1) is 0 Å². The third-order valence-corrected chi connectivity index (χ3v) is 6.41. The largest absolute Gasteiger partial charge is 0.338 e. The Hall–Kier alpha value is -3.49. The summed E-state index contributed by atoms with van der Waals surface area (Å²) in [6.07, 6.45) is 5.63. The van der Waals surface area contributed by atoms with E-state index < -0.39 is 11.6 Å². The van der Waals surface area contributed by atoms with Crippen LogP contribution in [0.15, 0.2) is 42.7 Å². The van der Waals surface area contributed by atoms with E-state index in [-0.39, 0.29) is 18.4 Å². The van der Waals surface area contributed by atoms with E-state index in [1.54, 1.807) is 23.4 Å². The van der Waals surface area contributed by atoms with Crippen LogP contribution >= 0.6 is 0 Å². The quantitative estimate of drug-likeness (QED) is 0.741. The van der Waals surface area contributed by atoms with E-state index in [0.29, 0.717) is 38.5 Å². The molecule has 2 fully saturated rings. The highest BCUT2D eigenvalue weighted by Crippen LogP contribution is 2.39. The minimum Gasteiger partial charge on any atom is -0.338 e. The van der Waals surface area contributed by atoms with Gasteiger partial charge in [0.2, 0.25) is 11.9 Å².